The van der Waals surface area contributed by atoms with Crippen LogP contribution in [0, 0.1) is 6.92 Å². The molecule has 1 saturated heterocycles. The molecule has 2 heterocycles. The minimum absolute atomic E-state index is 0.499. The molecule has 3 rings (SSSR count). The summed E-state index contributed by atoms with van der Waals surface area (Å²) in [6.45, 7) is 8.05. The standard InChI is InChI=1S/C15H20N4O/c1-11-3-5-13(6-4-11)15-17-14(20-18-15)10-19-8-7-16-9-12(19)2/h3-6,12,16H,7-10H2,1-2H3/t12-/m0/s1. The molecule has 0 saturated carbocycles. The molecular formula is C15H20N4O. The topological polar surface area (TPSA) is 54.2 Å². The number of piperazine rings is 1. The zero-order chi connectivity index (χ0) is 13.9. The number of hydrogen-bond acceptors (Lipinski definition) is 5. The summed E-state index contributed by atoms with van der Waals surface area (Å²) < 4.78 is 5.38. The molecule has 0 aliphatic carbocycles. The number of nitrogens with one attached hydrogen (secondary N) is 1. The summed E-state index contributed by atoms with van der Waals surface area (Å²) in [4.78, 5) is 6.86. The van der Waals surface area contributed by atoms with Crippen LogP contribution in [0.4, 0.5) is 0 Å². The predicted molar refractivity (Wildman–Crippen MR) is 77.2 cm³/mol. The number of aromatic nitrogens is 2. The van der Waals surface area contributed by atoms with Crippen molar-refractivity contribution in [3.05, 3.63) is 35.7 Å². The maximum atomic E-state index is 5.38. The Morgan fingerprint density at radius 2 is 2.15 bits per heavy atom. The Kier molecular flexibility index (Phi) is 3.80. The van der Waals surface area contributed by atoms with E-state index in [0.717, 1.165) is 31.7 Å². The van der Waals surface area contributed by atoms with Gasteiger partial charge >= 0.3 is 0 Å². The third-order valence-corrected chi connectivity index (χ3v) is 3.76. The van der Waals surface area contributed by atoms with Crippen molar-refractivity contribution < 1.29 is 4.52 Å². The third-order valence-electron chi connectivity index (χ3n) is 3.76. The van der Waals surface area contributed by atoms with Crippen LogP contribution in [0.2, 0.25) is 0 Å². The summed E-state index contributed by atoms with van der Waals surface area (Å²) in [5, 5.41) is 7.46. The van der Waals surface area contributed by atoms with Gasteiger partial charge in [0, 0.05) is 31.2 Å². The molecule has 0 unspecified atom stereocenters. The van der Waals surface area contributed by atoms with Crippen molar-refractivity contribution in [1.29, 1.82) is 0 Å². The molecule has 0 spiro atoms. The van der Waals surface area contributed by atoms with E-state index in [9.17, 15) is 0 Å². The van der Waals surface area contributed by atoms with Crippen LogP contribution in [0.15, 0.2) is 28.8 Å². The first-order chi connectivity index (χ1) is 9.72. The van der Waals surface area contributed by atoms with Gasteiger partial charge in [0.2, 0.25) is 11.7 Å². The second-order valence-electron chi connectivity index (χ2n) is 5.40. The predicted octanol–water partition coefficient (Wildman–Crippen LogP) is 1.84. The molecular weight excluding hydrogens is 252 g/mol. The van der Waals surface area contributed by atoms with Crippen LogP contribution in [0.1, 0.15) is 18.4 Å². The van der Waals surface area contributed by atoms with Gasteiger partial charge in [0.25, 0.3) is 0 Å². The Hall–Kier alpha value is -1.72. The van der Waals surface area contributed by atoms with Crippen molar-refractivity contribution >= 4 is 0 Å². The molecule has 20 heavy (non-hydrogen) atoms. The summed E-state index contributed by atoms with van der Waals surface area (Å²) in [7, 11) is 0. The molecule has 1 atom stereocenters. The van der Waals surface area contributed by atoms with Crippen molar-refractivity contribution in [3.8, 4) is 11.4 Å². The highest BCUT2D eigenvalue weighted by molar-refractivity contribution is 5.54. The molecule has 5 heteroatoms. The second kappa shape index (κ2) is 5.73. The number of nitrogens with zero attached hydrogens (tertiary/aromatic N) is 3. The summed E-state index contributed by atoms with van der Waals surface area (Å²) in [6, 6.07) is 8.67. The zero-order valence-corrected chi connectivity index (χ0v) is 12.0. The SMILES string of the molecule is Cc1ccc(-c2noc(CN3CCNC[C@@H]3C)n2)cc1. The molecule has 1 N–H and O–H groups in total. The van der Waals surface area contributed by atoms with Gasteiger partial charge in [-0.1, -0.05) is 35.0 Å². The molecule has 1 fully saturated rings. The Morgan fingerprint density at radius 1 is 1.35 bits per heavy atom. The average Bonchev–Trinajstić information content (AvgIpc) is 2.91. The first-order valence-corrected chi connectivity index (χ1v) is 7.07. The summed E-state index contributed by atoms with van der Waals surface area (Å²) in [6.07, 6.45) is 0. The normalized spacial score (nSPS) is 20.2. The number of hydrogen-bond donors (Lipinski definition) is 1. The Labute approximate surface area is 119 Å². The van der Waals surface area contributed by atoms with Crippen molar-refractivity contribution in [3.63, 3.8) is 0 Å². The van der Waals surface area contributed by atoms with Gasteiger partial charge in [0.05, 0.1) is 6.54 Å². The summed E-state index contributed by atoms with van der Waals surface area (Å²) >= 11 is 0. The van der Waals surface area contributed by atoms with Gasteiger partial charge in [-0.15, -0.1) is 0 Å². The van der Waals surface area contributed by atoms with E-state index in [-0.39, 0.29) is 0 Å². The minimum Gasteiger partial charge on any atom is -0.338 e. The average molecular weight is 272 g/mol. The highest BCUT2D eigenvalue weighted by atomic mass is 16.5. The Bertz CT molecular complexity index is 564. The number of aryl methyl sites for hydroxylation is 1. The van der Waals surface area contributed by atoms with E-state index in [1.165, 1.54) is 5.56 Å². The van der Waals surface area contributed by atoms with E-state index >= 15 is 0 Å². The fourth-order valence-corrected chi connectivity index (χ4v) is 2.43. The van der Waals surface area contributed by atoms with Crippen LogP contribution >= 0.6 is 0 Å². The van der Waals surface area contributed by atoms with Crippen LogP contribution in [0.25, 0.3) is 11.4 Å². The molecule has 1 aliphatic heterocycles. The minimum atomic E-state index is 0.499. The van der Waals surface area contributed by atoms with Gasteiger partial charge in [0.1, 0.15) is 0 Å². The fraction of sp³-hybridized carbons (Fsp3) is 0.467. The first kappa shape index (κ1) is 13.3. The fourth-order valence-electron chi connectivity index (χ4n) is 2.43. The van der Waals surface area contributed by atoms with Crippen molar-refractivity contribution in [2.24, 2.45) is 0 Å². The van der Waals surface area contributed by atoms with E-state index in [4.69, 9.17) is 4.52 Å². The van der Waals surface area contributed by atoms with Gasteiger partial charge in [0.15, 0.2) is 0 Å². The maximum absolute atomic E-state index is 5.38. The Morgan fingerprint density at radius 3 is 2.90 bits per heavy atom. The van der Waals surface area contributed by atoms with Crippen LogP contribution in [0.5, 0.6) is 0 Å². The highest BCUT2D eigenvalue weighted by Crippen LogP contribution is 2.17. The largest absolute Gasteiger partial charge is 0.338 e. The maximum Gasteiger partial charge on any atom is 0.241 e. The molecule has 106 valence electrons. The van der Waals surface area contributed by atoms with Gasteiger partial charge < -0.3 is 9.84 Å². The van der Waals surface area contributed by atoms with Crippen LogP contribution in [-0.4, -0.2) is 40.7 Å². The molecule has 0 bridgehead atoms. The lowest BCUT2D eigenvalue weighted by atomic mass is 10.1. The van der Waals surface area contributed by atoms with Crippen molar-refractivity contribution in [1.82, 2.24) is 20.4 Å². The van der Waals surface area contributed by atoms with Crippen LogP contribution in [-0.2, 0) is 6.54 Å². The molecule has 0 amide bonds. The van der Waals surface area contributed by atoms with Crippen molar-refractivity contribution in [2.75, 3.05) is 19.6 Å². The second-order valence-corrected chi connectivity index (χ2v) is 5.40. The number of rotatable bonds is 3. The quantitative estimate of drug-likeness (QED) is 0.924. The van der Waals surface area contributed by atoms with Gasteiger partial charge in [-0.25, -0.2) is 0 Å². The van der Waals surface area contributed by atoms with E-state index in [2.05, 4.69) is 46.3 Å². The molecule has 0 radical (unpaired) electrons. The van der Waals surface area contributed by atoms with Gasteiger partial charge in [-0.2, -0.15) is 4.98 Å². The monoisotopic (exact) mass is 272 g/mol. The van der Waals surface area contributed by atoms with Gasteiger partial charge in [-0.05, 0) is 13.8 Å². The van der Waals surface area contributed by atoms with Gasteiger partial charge in [-0.3, -0.25) is 4.90 Å². The summed E-state index contributed by atoms with van der Waals surface area (Å²) in [5.74, 6) is 1.36. The van der Waals surface area contributed by atoms with E-state index in [1.807, 2.05) is 12.1 Å². The lowest BCUT2D eigenvalue weighted by Crippen LogP contribution is -2.49. The molecule has 5 nitrogen and oxygen atoms in total. The lowest BCUT2D eigenvalue weighted by Gasteiger charge is -2.32. The van der Waals surface area contributed by atoms with Crippen LogP contribution in [0.3, 0.4) is 0 Å². The van der Waals surface area contributed by atoms with E-state index in [1.54, 1.807) is 0 Å². The Balaban J connectivity index is 1.71. The smallest absolute Gasteiger partial charge is 0.241 e. The van der Waals surface area contributed by atoms with Crippen LogP contribution < -0.4 is 5.32 Å². The first-order valence-electron chi connectivity index (χ1n) is 7.07. The lowest BCUT2D eigenvalue weighted by molar-refractivity contribution is 0.146. The zero-order valence-electron chi connectivity index (χ0n) is 12.0. The molecule has 1 aliphatic rings. The van der Waals surface area contributed by atoms with Crippen molar-refractivity contribution in [2.45, 2.75) is 26.4 Å². The van der Waals surface area contributed by atoms with E-state index < -0.39 is 0 Å². The molecule has 1 aromatic heterocycles. The highest BCUT2D eigenvalue weighted by Gasteiger charge is 2.20. The summed E-state index contributed by atoms with van der Waals surface area (Å²) in [5.41, 5.74) is 2.23. The molecule has 2 aromatic rings. The number of benzene rings is 1. The molecule has 1 aromatic carbocycles. The third kappa shape index (κ3) is 2.89. The van der Waals surface area contributed by atoms with E-state index in [0.29, 0.717) is 17.8 Å².